The number of hydrogen-bond donors (Lipinski definition) is 3. The molecule has 9 heteroatoms. The maximum absolute atomic E-state index is 13.4. The SMILES string of the molecule is C=Cc1cc(CNC(=O)c2cccc(C(=O)NCc3c(CC)nc4c(cnn4CC)c3NC3CCOCC3)c2)ccc1C. The highest BCUT2D eigenvalue weighted by molar-refractivity contribution is 6.00. The Kier molecular flexibility index (Phi) is 9.51. The van der Waals surface area contributed by atoms with Gasteiger partial charge in [0.05, 0.1) is 17.3 Å². The number of carbonyl (C=O) groups excluding carboxylic acids is 2. The average molecular weight is 581 g/mol. The molecule has 3 N–H and O–H groups in total. The van der Waals surface area contributed by atoms with Crippen LogP contribution in [0.2, 0.25) is 0 Å². The average Bonchev–Trinajstić information content (AvgIpc) is 3.46. The highest BCUT2D eigenvalue weighted by atomic mass is 16.5. The van der Waals surface area contributed by atoms with Gasteiger partial charge in [-0.1, -0.05) is 37.8 Å². The van der Waals surface area contributed by atoms with Crippen molar-refractivity contribution in [2.75, 3.05) is 18.5 Å². The lowest BCUT2D eigenvalue weighted by Gasteiger charge is -2.26. The number of anilines is 1. The number of carbonyl (C=O) groups is 2. The van der Waals surface area contributed by atoms with Crippen LogP contribution in [0.3, 0.4) is 0 Å². The summed E-state index contributed by atoms with van der Waals surface area (Å²) >= 11 is 0. The molecule has 1 aliphatic rings. The van der Waals surface area contributed by atoms with Crippen LogP contribution in [0.4, 0.5) is 5.69 Å². The highest BCUT2D eigenvalue weighted by Gasteiger charge is 2.22. The third-order valence-electron chi connectivity index (χ3n) is 8.01. The van der Waals surface area contributed by atoms with E-state index in [1.54, 1.807) is 24.3 Å². The molecule has 9 nitrogen and oxygen atoms in total. The van der Waals surface area contributed by atoms with Gasteiger partial charge in [0.25, 0.3) is 11.8 Å². The molecule has 0 unspecified atom stereocenters. The van der Waals surface area contributed by atoms with Gasteiger partial charge < -0.3 is 20.7 Å². The van der Waals surface area contributed by atoms with Gasteiger partial charge in [0.15, 0.2) is 5.65 Å². The molecule has 1 fully saturated rings. The van der Waals surface area contributed by atoms with Crippen LogP contribution in [0.25, 0.3) is 17.1 Å². The van der Waals surface area contributed by atoms with Crippen molar-refractivity contribution < 1.29 is 14.3 Å². The quantitative estimate of drug-likeness (QED) is 0.219. The maximum atomic E-state index is 13.4. The number of pyridine rings is 1. The molecule has 0 saturated carbocycles. The summed E-state index contributed by atoms with van der Waals surface area (Å²) in [6.07, 6.45) is 6.20. The van der Waals surface area contributed by atoms with Crippen molar-refractivity contribution in [3.05, 3.63) is 94.3 Å². The topological polar surface area (TPSA) is 110 Å². The highest BCUT2D eigenvalue weighted by Crippen LogP contribution is 2.31. The minimum Gasteiger partial charge on any atom is -0.381 e. The van der Waals surface area contributed by atoms with Gasteiger partial charge in [-0.2, -0.15) is 5.10 Å². The van der Waals surface area contributed by atoms with E-state index in [1.807, 2.05) is 42.1 Å². The van der Waals surface area contributed by atoms with E-state index in [4.69, 9.17) is 9.72 Å². The maximum Gasteiger partial charge on any atom is 0.251 e. The number of ether oxygens (including phenoxy) is 1. The molecule has 3 heterocycles. The fourth-order valence-electron chi connectivity index (χ4n) is 5.48. The second kappa shape index (κ2) is 13.6. The molecular formula is C34H40N6O3. The number of amides is 2. The van der Waals surface area contributed by atoms with Gasteiger partial charge in [-0.25, -0.2) is 9.67 Å². The Labute approximate surface area is 252 Å². The first kappa shape index (κ1) is 30.0. The first-order chi connectivity index (χ1) is 20.9. The largest absolute Gasteiger partial charge is 0.381 e. The van der Waals surface area contributed by atoms with E-state index >= 15 is 0 Å². The summed E-state index contributed by atoms with van der Waals surface area (Å²) in [4.78, 5) is 31.3. The normalized spacial score (nSPS) is 13.6. The second-order valence-electron chi connectivity index (χ2n) is 10.8. The Morgan fingerprint density at radius 1 is 1.05 bits per heavy atom. The molecule has 0 bridgehead atoms. The van der Waals surface area contributed by atoms with Gasteiger partial charge in [-0.15, -0.1) is 0 Å². The van der Waals surface area contributed by atoms with Crippen LogP contribution >= 0.6 is 0 Å². The number of fused-ring (bicyclic) bond motifs is 1. The van der Waals surface area contributed by atoms with Gasteiger partial charge in [0, 0.05) is 61.3 Å². The third-order valence-corrected chi connectivity index (χ3v) is 8.01. The molecule has 0 aliphatic carbocycles. The molecule has 0 atom stereocenters. The van der Waals surface area contributed by atoms with E-state index in [1.165, 1.54) is 0 Å². The molecule has 1 saturated heterocycles. The number of nitrogens with one attached hydrogen (secondary N) is 3. The predicted molar refractivity (Wildman–Crippen MR) is 170 cm³/mol. The zero-order valence-electron chi connectivity index (χ0n) is 25.2. The third kappa shape index (κ3) is 6.78. The van der Waals surface area contributed by atoms with Crippen molar-refractivity contribution >= 4 is 34.6 Å². The summed E-state index contributed by atoms with van der Waals surface area (Å²) in [7, 11) is 0. The van der Waals surface area contributed by atoms with Crippen LogP contribution < -0.4 is 16.0 Å². The summed E-state index contributed by atoms with van der Waals surface area (Å²) < 4.78 is 7.47. The molecule has 0 spiro atoms. The van der Waals surface area contributed by atoms with E-state index in [2.05, 4.69) is 41.5 Å². The van der Waals surface area contributed by atoms with Crippen molar-refractivity contribution in [1.29, 1.82) is 0 Å². The van der Waals surface area contributed by atoms with E-state index in [-0.39, 0.29) is 17.9 Å². The van der Waals surface area contributed by atoms with Gasteiger partial charge in [0.1, 0.15) is 0 Å². The van der Waals surface area contributed by atoms with Crippen LogP contribution in [0.1, 0.15) is 75.4 Å². The summed E-state index contributed by atoms with van der Waals surface area (Å²) in [6, 6.07) is 13.1. The fourth-order valence-corrected chi connectivity index (χ4v) is 5.48. The summed E-state index contributed by atoms with van der Waals surface area (Å²) in [5.41, 5.74) is 7.68. The second-order valence-corrected chi connectivity index (χ2v) is 10.8. The summed E-state index contributed by atoms with van der Waals surface area (Å²) in [6.45, 7) is 12.8. The molecule has 2 aromatic carbocycles. The van der Waals surface area contributed by atoms with Gasteiger partial charge in [-0.05, 0) is 74.1 Å². The number of rotatable bonds is 11. The van der Waals surface area contributed by atoms with E-state index in [9.17, 15) is 9.59 Å². The van der Waals surface area contributed by atoms with Gasteiger partial charge >= 0.3 is 0 Å². The zero-order chi connectivity index (χ0) is 30.3. The molecule has 2 aromatic heterocycles. The van der Waals surface area contributed by atoms with Gasteiger partial charge in [0.2, 0.25) is 0 Å². The van der Waals surface area contributed by atoms with Gasteiger partial charge in [-0.3, -0.25) is 9.59 Å². The summed E-state index contributed by atoms with van der Waals surface area (Å²) in [5.74, 6) is -0.499. The zero-order valence-corrected chi connectivity index (χ0v) is 25.2. The van der Waals surface area contributed by atoms with Crippen molar-refractivity contribution in [2.24, 2.45) is 0 Å². The number of benzene rings is 2. The van der Waals surface area contributed by atoms with E-state index in [0.717, 1.165) is 77.3 Å². The Bertz CT molecular complexity index is 1640. The number of hydrogen-bond acceptors (Lipinski definition) is 6. The molecule has 4 aromatic rings. The lowest BCUT2D eigenvalue weighted by Crippen LogP contribution is -2.30. The van der Waals surface area contributed by atoms with Crippen LogP contribution in [-0.2, 0) is 30.8 Å². The van der Waals surface area contributed by atoms with Crippen LogP contribution in [0, 0.1) is 6.92 Å². The molecule has 1 aliphatic heterocycles. The lowest BCUT2D eigenvalue weighted by molar-refractivity contribution is 0.0904. The monoisotopic (exact) mass is 580 g/mol. The molecule has 0 radical (unpaired) electrons. The summed E-state index contributed by atoms with van der Waals surface area (Å²) in [5, 5.41) is 15.3. The van der Waals surface area contributed by atoms with Crippen LogP contribution in [0.5, 0.6) is 0 Å². The van der Waals surface area contributed by atoms with E-state index in [0.29, 0.717) is 30.6 Å². The first-order valence-corrected chi connectivity index (χ1v) is 15.0. The molecule has 2 amide bonds. The molecular weight excluding hydrogens is 540 g/mol. The standard InChI is InChI=1S/C34H40N6O3/c1-5-24-17-23(12-11-22(24)4)19-35-33(41)25-9-8-10-26(18-25)34(42)36-20-28-30(6-2)39-32-29(21-37-40(32)7-3)31(28)38-27-13-15-43-16-14-27/h5,8-12,17-18,21,27H,1,6-7,13-16,19-20H2,2-4H3,(H,35,41)(H,36,42)(H,38,39). The number of aromatic nitrogens is 3. The number of aryl methyl sites for hydroxylation is 3. The number of nitrogens with zero attached hydrogens (tertiary/aromatic N) is 3. The predicted octanol–water partition coefficient (Wildman–Crippen LogP) is 5.42. The van der Waals surface area contributed by atoms with Crippen molar-refractivity contribution in [3.63, 3.8) is 0 Å². The van der Waals surface area contributed by atoms with Crippen molar-refractivity contribution in [3.8, 4) is 0 Å². The van der Waals surface area contributed by atoms with Crippen LogP contribution in [0.15, 0.2) is 55.2 Å². The smallest absolute Gasteiger partial charge is 0.251 e. The fraction of sp³-hybridized carbons (Fsp3) is 0.353. The Balaban J connectivity index is 1.33. The van der Waals surface area contributed by atoms with Crippen LogP contribution in [-0.4, -0.2) is 45.8 Å². The molecule has 43 heavy (non-hydrogen) atoms. The van der Waals surface area contributed by atoms with Crippen molar-refractivity contribution in [1.82, 2.24) is 25.4 Å². The van der Waals surface area contributed by atoms with E-state index < -0.39 is 0 Å². The first-order valence-electron chi connectivity index (χ1n) is 15.0. The lowest BCUT2D eigenvalue weighted by atomic mass is 10.0. The Morgan fingerprint density at radius 2 is 1.77 bits per heavy atom. The molecule has 5 rings (SSSR count). The molecule has 224 valence electrons. The van der Waals surface area contributed by atoms with Crippen molar-refractivity contribution in [2.45, 2.75) is 65.7 Å². The Hall–Kier alpha value is -4.50. The Morgan fingerprint density at radius 3 is 2.44 bits per heavy atom. The minimum absolute atomic E-state index is 0.241. The minimum atomic E-state index is -0.257.